The third-order valence-corrected chi connectivity index (χ3v) is 6.55. The summed E-state index contributed by atoms with van der Waals surface area (Å²) < 4.78 is 1.11. The van der Waals surface area contributed by atoms with E-state index in [0.29, 0.717) is 6.04 Å². The Labute approximate surface area is 148 Å². The lowest BCUT2D eigenvalue weighted by atomic mass is 9.95. The highest BCUT2D eigenvalue weighted by atomic mass is 32.1. The molecule has 0 saturated carbocycles. The molecular weight excluding hydrogens is 340 g/mol. The van der Waals surface area contributed by atoms with Crippen molar-refractivity contribution in [1.29, 1.82) is 0 Å². The molecule has 24 heavy (non-hydrogen) atoms. The second-order valence-corrected chi connectivity index (χ2v) is 8.27. The predicted octanol–water partition coefficient (Wildman–Crippen LogP) is 3.97. The summed E-state index contributed by atoms with van der Waals surface area (Å²) in [6.45, 7) is 5.92. The number of carbonyl (C=O) groups is 1. The summed E-state index contributed by atoms with van der Waals surface area (Å²) in [5.74, 6) is -0.0497. The Morgan fingerprint density at radius 1 is 1.38 bits per heavy atom. The molecule has 0 fully saturated rings. The molecule has 1 amide bonds. The van der Waals surface area contributed by atoms with Crippen LogP contribution in [0.1, 0.15) is 37.3 Å². The van der Waals surface area contributed by atoms with E-state index in [9.17, 15) is 4.79 Å². The highest BCUT2D eigenvalue weighted by Gasteiger charge is 2.30. The number of hydrogen-bond acceptors (Lipinski definition) is 6. The number of fused-ring (bicyclic) bond motifs is 2. The second kappa shape index (κ2) is 5.91. The van der Waals surface area contributed by atoms with E-state index in [0.717, 1.165) is 32.2 Å². The number of nitrogens with zero attached hydrogens (tertiary/aromatic N) is 2. The van der Waals surface area contributed by atoms with E-state index in [2.05, 4.69) is 29.5 Å². The monoisotopic (exact) mass is 358 g/mol. The van der Waals surface area contributed by atoms with Crippen molar-refractivity contribution in [2.45, 2.75) is 39.3 Å². The second-order valence-electron chi connectivity index (χ2n) is 6.19. The molecule has 0 unspecified atom stereocenters. The van der Waals surface area contributed by atoms with Crippen LogP contribution < -0.4 is 10.6 Å². The SMILES string of the molecule is CC(=O)Nc1sc2c(c1-c1nc3cnccc3s1)C[C@H](C)N[C@@H]2C. The standard InChI is InChI=1S/C17H18N4OS2/c1-8-6-11-14(17-21-12-7-18-5-4-13(12)23-17)16(20-10(3)22)24-15(11)9(2)19-8/h4-5,7-9,19H,6H2,1-3H3,(H,20,22)/t8-,9+/m0/s1. The lowest BCUT2D eigenvalue weighted by Gasteiger charge is -2.26. The van der Waals surface area contributed by atoms with Crippen LogP contribution in [-0.2, 0) is 11.2 Å². The van der Waals surface area contributed by atoms with Crippen LogP contribution in [0.4, 0.5) is 5.00 Å². The molecule has 0 bridgehead atoms. The fourth-order valence-corrected chi connectivity index (χ4v) is 5.63. The van der Waals surface area contributed by atoms with Gasteiger partial charge in [0.15, 0.2) is 0 Å². The molecule has 0 spiro atoms. The summed E-state index contributed by atoms with van der Waals surface area (Å²) in [5, 5.41) is 8.45. The maximum atomic E-state index is 11.7. The van der Waals surface area contributed by atoms with Gasteiger partial charge in [0.25, 0.3) is 0 Å². The lowest BCUT2D eigenvalue weighted by molar-refractivity contribution is -0.114. The van der Waals surface area contributed by atoms with Crippen molar-refractivity contribution in [2.75, 3.05) is 5.32 Å². The fraction of sp³-hybridized carbons (Fsp3) is 0.353. The van der Waals surface area contributed by atoms with Crippen molar-refractivity contribution in [1.82, 2.24) is 15.3 Å². The van der Waals surface area contributed by atoms with Gasteiger partial charge in [0, 0.05) is 35.6 Å². The van der Waals surface area contributed by atoms with Crippen molar-refractivity contribution in [2.24, 2.45) is 0 Å². The molecule has 1 aliphatic rings. The number of nitrogens with one attached hydrogen (secondary N) is 2. The third-order valence-electron chi connectivity index (χ3n) is 4.17. The number of rotatable bonds is 2. The first kappa shape index (κ1) is 15.7. The van der Waals surface area contributed by atoms with Gasteiger partial charge < -0.3 is 10.6 Å². The van der Waals surface area contributed by atoms with Gasteiger partial charge in [-0.3, -0.25) is 9.78 Å². The van der Waals surface area contributed by atoms with Crippen molar-refractivity contribution < 1.29 is 4.79 Å². The zero-order chi connectivity index (χ0) is 16.8. The minimum atomic E-state index is -0.0497. The summed E-state index contributed by atoms with van der Waals surface area (Å²) in [6, 6.07) is 2.67. The Hall–Kier alpha value is -1.83. The molecule has 7 heteroatoms. The average Bonchev–Trinajstić information content (AvgIpc) is 3.07. The van der Waals surface area contributed by atoms with Crippen LogP contribution in [0.2, 0.25) is 0 Å². The third kappa shape index (κ3) is 2.62. The highest BCUT2D eigenvalue weighted by Crippen LogP contribution is 2.47. The van der Waals surface area contributed by atoms with Crippen LogP contribution in [0.25, 0.3) is 20.8 Å². The molecule has 3 aromatic rings. The lowest BCUT2D eigenvalue weighted by Crippen LogP contribution is -2.35. The van der Waals surface area contributed by atoms with E-state index >= 15 is 0 Å². The number of thiazole rings is 1. The Morgan fingerprint density at radius 3 is 2.96 bits per heavy atom. The van der Waals surface area contributed by atoms with Gasteiger partial charge in [0.05, 0.1) is 10.9 Å². The molecule has 0 aromatic carbocycles. The largest absolute Gasteiger partial charge is 0.317 e. The van der Waals surface area contributed by atoms with E-state index in [1.807, 2.05) is 6.07 Å². The number of carbonyl (C=O) groups excluding carboxylic acids is 1. The Kier molecular flexibility index (Phi) is 3.86. The van der Waals surface area contributed by atoms with E-state index in [-0.39, 0.29) is 11.9 Å². The van der Waals surface area contributed by atoms with Crippen LogP contribution >= 0.6 is 22.7 Å². The van der Waals surface area contributed by atoms with E-state index in [1.165, 1.54) is 10.4 Å². The van der Waals surface area contributed by atoms with E-state index < -0.39 is 0 Å². The predicted molar refractivity (Wildman–Crippen MR) is 99.7 cm³/mol. The minimum Gasteiger partial charge on any atom is -0.317 e. The number of pyridine rings is 1. The summed E-state index contributed by atoms with van der Waals surface area (Å²) in [4.78, 5) is 21.9. The summed E-state index contributed by atoms with van der Waals surface area (Å²) >= 11 is 3.32. The summed E-state index contributed by atoms with van der Waals surface area (Å²) in [5.41, 5.74) is 3.31. The molecular formula is C17H18N4OS2. The fourth-order valence-electron chi connectivity index (χ4n) is 3.26. The van der Waals surface area contributed by atoms with Crippen LogP contribution in [-0.4, -0.2) is 21.9 Å². The van der Waals surface area contributed by atoms with Crippen LogP contribution in [0.15, 0.2) is 18.5 Å². The maximum Gasteiger partial charge on any atom is 0.221 e. The van der Waals surface area contributed by atoms with Gasteiger partial charge in [-0.05, 0) is 31.9 Å². The normalized spacial score (nSPS) is 20.1. The first-order valence-electron chi connectivity index (χ1n) is 7.93. The molecule has 5 nitrogen and oxygen atoms in total. The number of thiophene rings is 1. The maximum absolute atomic E-state index is 11.7. The zero-order valence-electron chi connectivity index (χ0n) is 13.7. The Balaban J connectivity index is 1.93. The van der Waals surface area contributed by atoms with E-state index in [1.54, 1.807) is 42.0 Å². The highest BCUT2D eigenvalue weighted by molar-refractivity contribution is 7.23. The van der Waals surface area contributed by atoms with Gasteiger partial charge in [-0.25, -0.2) is 4.98 Å². The molecule has 1 aliphatic heterocycles. The molecule has 0 saturated heterocycles. The number of amides is 1. The van der Waals surface area contributed by atoms with Crippen LogP contribution in [0, 0.1) is 0 Å². The summed E-state index contributed by atoms with van der Waals surface area (Å²) in [6.07, 6.45) is 4.52. The Morgan fingerprint density at radius 2 is 2.21 bits per heavy atom. The molecule has 0 radical (unpaired) electrons. The molecule has 2 N–H and O–H groups in total. The summed E-state index contributed by atoms with van der Waals surface area (Å²) in [7, 11) is 0. The molecule has 4 rings (SSSR count). The van der Waals surface area contributed by atoms with Crippen LogP contribution in [0.3, 0.4) is 0 Å². The van der Waals surface area contributed by atoms with Gasteiger partial charge in [0.1, 0.15) is 15.5 Å². The Bertz CT molecular complexity index is 897. The van der Waals surface area contributed by atoms with Crippen molar-refractivity contribution in [3.8, 4) is 10.6 Å². The van der Waals surface area contributed by atoms with Crippen molar-refractivity contribution in [3.63, 3.8) is 0 Å². The number of hydrogen-bond donors (Lipinski definition) is 2. The zero-order valence-corrected chi connectivity index (χ0v) is 15.3. The molecule has 3 aromatic heterocycles. The quantitative estimate of drug-likeness (QED) is 0.727. The van der Waals surface area contributed by atoms with Gasteiger partial charge in [-0.1, -0.05) is 0 Å². The average molecular weight is 358 g/mol. The topological polar surface area (TPSA) is 66.9 Å². The van der Waals surface area contributed by atoms with Crippen LogP contribution in [0.5, 0.6) is 0 Å². The minimum absolute atomic E-state index is 0.0497. The first-order chi connectivity index (χ1) is 11.5. The van der Waals surface area contributed by atoms with Gasteiger partial charge in [-0.15, -0.1) is 22.7 Å². The van der Waals surface area contributed by atoms with Crippen molar-refractivity contribution in [3.05, 3.63) is 28.9 Å². The first-order valence-corrected chi connectivity index (χ1v) is 9.56. The molecule has 0 aliphatic carbocycles. The van der Waals surface area contributed by atoms with Gasteiger partial charge in [0.2, 0.25) is 5.91 Å². The smallest absolute Gasteiger partial charge is 0.221 e. The van der Waals surface area contributed by atoms with Crippen molar-refractivity contribution >= 4 is 43.8 Å². The molecule has 124 valence electrons. The molecule has 2 atom stereocenters. The van der Waals surface area contributed by atoms with E-state index in [4.69, 9.17) is 4.98 Å². The number of aromatic nitrogens is 2. The van der Waals surface area contributed by atoms with Gasteiger partial charge >= 0.3 is 0 Å². The molecule has 4 heterocycles. The number of anilines is 1. The van der Waals surface area contributed by atoms with Gasteiger partial charge in [-0.2, -0.15) is 0 Å².